The van der Waals surface area contributed by atoms with Crippen molar-refractivity contribution in [3.8, 4) is 0 Å². The summed E-state index contributed by atoms with van der Waals surface area (Å²) in [6.45, 7) is 0.339. The first-order valence-electron chi connectivity index (χ1n) is 6.29. The van der Waals surface area contributed by atoms with Gasteiger partial charge in [-0.3, -0.25) is 4.79 Å². The third kappa shape index (κ3) is 3.20. The molecule has 1 aromatic carbocycles. The molecule has 0 radical (unpaired) electrons. The Hall–Kier alpha value is -1.58. The van der Waals surface area contributed by atoms with Gasteiger partial charge in [0.2, 0.25) is 15.9 Å². The van der Waals surface area contributed by atoms with Crippen LogP contribution in [0.15, 0.2) is 23.1 Å². The van der Waals surface area contributed by atoms with E-state index in [4.69, 9.17) is 5.73 Å². The van der Waals surface area contributed by atoms with Gasteiger partial charge in [-0.05, 0) is 12.1 Å². The molecular weight excluding hydrogens is 304 g/mol. The number of benzene rings is 1. The Morgan fingerprint density at radius 3 is 2.33 bits per heavy atom. The van der Waals surface area contributed by atoms with Crippen LogP contribution in [0, 0.1) is 11.6 Å². The number of halogens is 2. The van der Waals surface area contributed by atoms with E-state index in [1.807, 2.05) is 0 Å². The van der Waals surface area contributed by atoms with Gasteiger partial charge in [-0.1, -0.05) is 0 Å². The van der Waals surface area contributed by atoms with Crippen molar-refractivity contribution >= 4 is 15.9 Å². The number of hydrogen-bond acceptors (Lipinski definition) is 4. The number of hydrogen-bond donors (Lipinski definition) is 1. The maximum Gasteiger partial charge on any atom is 0.246 e. The SMILES string of the molecule is NCC(=O)N1CCN(S(=O)(=O)c2ccc(F)cc2F)CC1. The van der Waals surface area contributed by atoms with Gasteiger partial charge in [0.05, 0.1) is 6.54 Å². The van der Waals surface area contributed by atoms with Crippen molar-refractivity contribution in [1.82, 2.24) is 9.21 Å². The minimum atomic E-state index is -4.04. The van der Waals surface area contributed by atoms with Gasteiger partial charge in [-0.15, -0.1) is 0 Å². The van der Waals surface area contributed by atoms with Crippen molar-refractivity contribution in [3.05, 3.63) is 29.8 Å². The van der Waals surface area contributed by atoms with Gasteiger partial charge in [0.15, 0.2) is 0 Å². The summed E-state index contributed by atoms with van der Waals surface area (Å²) in [7, 11) is -4.04. The van der Waals surface area contributed by atoms with E-state index in [-0.39, 0.29) is 38.6 Å². The quantitative estimate of drug-likeness (QED) is 0.833. The number of carbonyl (C=O) groups excluding carboxylic acids is 1. The number of nitrogens with zero attached hydrogens (tertiary/aromatic N) is 2. The van der Waals surface area contributed by atoms with E-state index in [1.54, 1.807) is 0 Å². The minimum Gasteiger partial charge on any atom is -0.339 e. The first-order valence-corrected chi connectivity index (χ1v) is 7.73. The molecule has 0 aliphatic carbocycles. The second-order valence-electron chi connectivity index (χ2n) is 4.56. The van der Waals surface area contributed by atoms with Gasteiger partial charge in [0, 0.05) is 32.2 Å². The lowest BCUT2D eigenvalue weighted by Gasteiger charge is -2.33. The standard InChI is InChI=1S/C12H15F2N3O3S/c13-9-1-2-11(10(14)7-9)21(19,20)17-5-3-16(4-6-17)12(18)8-15/h1-2,7H,3-6,8,15H2. The van der Waals surface area contributed by atoms with E-state index in [2.05, 4.69) is 0 Å². The highest BCUT2D eigenvalue weighted by Gasteiger charge is 2.31. The second kappa shape index (κ2) is 6.04. The largest absolute Gasteiger partial charge is 0.339 e. The van der Waals surface area contributed by atoms with Crippen LogP contribution in [0.25, 0.3) is 0 Å². The van der Waals surface area contributed by atoms with Crippen molar-refractivity contribution < 1.29 is 22.0 Å². The number of piperazine rings is 1. The summed E-state index contributed by atoms with van der Waals surface area (Å²) in [5.74, 6) is -2.24. The summed E-state index contributed by atoms with van der Waals surface area (Å²) in [4.78, 5) is 12.3. The van der Waals surface area contributed by atoms with Crippen LogP contribution in [-0.4, -0.2) is 56.3 Å². The molecule has 1 aliphatic heterocycles. The summed E-state index contributed by atoms with van der Waals surface area (Å²) < 4.78 is 52.2. The fourth-order valence-corrected chi connectivity index (χ4v) is 3.60. The van der Waals surface area contributed by atoms with E-state index in [9.17, 15) is 22.0 Å². The average Bonchev–Trinajstić information content (AvgIpc) is 2.46. The van der Waals surface area contributed by atoms with Gasteiger partial charge in [-0.25, -0.2) is 17.2 Å². The molecule has 0 atom stereocenters. The van der Waals surface area contributed by atoms with Gasteiger partial charge in [0.1, 0.15) is 16.5 Å². The Morgan fingerprint density at radius 1 is 1.19 bits per heavy atom. The van der Waals surface area contributed by atoms with E-state index >= 15 is 0 Å². The summed E-state index contributed by atoms with van der Waals surface area (Å²) >= 11 is 0. The van der Waals surface area contributed by atoms with E-state index in [1.165, 1.54) is 4.90 Å². The Morgan fingerprint density at radius 2 is 1.81 bits per heavy atom. The van der Waals surface area contributed by atoms with Gasteiger partial charge < -0.3 is 10.6 Å². The number of carbonyl (C=O) groups is 1. The summed E-state index contributed by atoms with van der Waals surface area (Å²) in [5.41, 5.74) is 5.24. The lowest BCUT2D eigenvalue weighted by molar-refractivity contribution is -0.130. The molecule has 2 N–H and O–H groups in total. The van der Waals surface area contributed by atoms with Crippen LogP contribution in [0.2, 0.25) is 0 Å². The molecule has 1 amide bonds. The molecule has 21 heavy (non-hydrogen) atoms. The van der Waals surface area contributed by atoms with Crippen LogP contribution in [-0.2, 0) is 14.8 Å². The van der Waals surface area contributed by atoms with Crippen LogP contribution in [0.5, 0.6) is 0 Å². The molecule has 0 saturated carbocycles. The molecule has 1 fully saturated rings. The highest BCUT2D eigenvalue weighted by molar-refractivity contribution is 7.89. The van der Waals surface area contributed by atoms with E-state index in [0.29, 0.717) is 6.07 Å². The Labute approximate surface area is 121 Å². The van der Waals surface area contributed by atoms with Crippen molar-refractivity contribution in [2.24, 2.45) is 5.73 Å². The number of rotatable bonds is 3. The second-order valence-corrected chi connectivity index (χ2v) is 6.47. The van der Waals surface area contributed by atoms with Crippen LogP contribution >= 0.6 is 0 Å². The molecule has 2 rings (SSSR count). The molecule has 6 nitrogen and oxygen atoms in total. The average molecular weight is 319 g/mol. The van der Waals surface area contributed by atoms with Gasteiger partial charge in [0.25, 0.3) is 0 Å². The zero-order valence-corrected chi connectivity index (χ0v) is 11.9. The maximum absolute atomic E-state index is 13.6. The molecule has 0 aromatic heterocycles. The summed E-state index contributed by atoms with van der Waals surface area (Å²) in [6, 6.07) is 2.32. The van der Waals surface area contributed by atoms with Crippen LogP contribution < -0.4 is 5.73 Å². The Balaban J connectivity index is 2.17. The van der Waals surface area contributed by atoms with Crippen molar-refractivity contribution in [3.63, 3.8) is 0 Å². The fraction of sp³-hybridized carbons (Fsp3) is 0.417. The zero-order chi connectivity index (χ0) is 15.6. The van der Waals surface area contributed by atoms with Crippen LogP contribution in [0.1, 0.15) is 0 Å². The number of amides is 1. The van der Waals surface area contributed by atoms with Gasteiger partial charge >= 0.3 is 0 Å². The maximum atomic E-state index is 13.6. The Kier molecular flexibility index (Phi) is 4.55. The minimum absolute atomic E-state index is 0.0465. The molecular formula is C12H15F2N3O3S. The smallest absolute Gasteiger partial charge is 0.246 e. The molecule has 0 spiro atoms. The molecule has 1 aromatic rings. The predicted molar refractivity (Wildman–Crippen MR) is 70.8 cm³/mol. The summed E-state index contributed by atoms with van der Waals surface area (Å²) in [6.07, 6.45) is 0. The highest BCUT2D eigenvalue weighted by Crippen LogP contribution is 2.21. The topological polar surface area (TPSA) is 83.7 Å². The molecule has 1 aliphatic rings. The molecule has 0 bridgehead atoms. The molecule has 1 saturated heterocycles. The highest BCUT2D eigenvalue weighted by atomic mass is 32.2. The van der Waals surface area contributed by atoms with E-state index < -0.39 is 26.6 Å². The Bertz CT molecular complexity index is 643. The molecule has 1 heterocycles. The monoisotopic (exact) mass is 319 g/mol. The predicted octanol–water partition coefficient (Wildman–Crippen LogP) is -0.244. The third-order valence-electron chi connectivity index (χ3n) is 3.28. The van der Waals surface area contributed by atoms with Crippen molar-refractivity contribution in [2.45, 2.75) is 4.90 Å². The zero-order valence-electron chi connectivity index (χ0n) is 11.1. The van der Waals surface area contributed by atoms with Crippen LogP contribution in [0.3, 0.4) is 0 Å². The van der Waals surface area contributed by atoms with Crippen molar-refractivity contribution in [1.29, 1.82) is 0 Å². The molecule has 0 unspecified atom stereocenters. The number of nitrogens with two attached hydrogens (primary N) is 1. The fourth-order valence-electron chi connectivity index (χ4n) is 2.13. The van der Waals surface area contributed by atoms with Crippen LogP contribution in [0.4, 0.5) is 8.78 Å². The van der Waals surface area contributed by atoms with Gasteiger partial charge in [-0.2, -0.15) is 4.31 Å². The van der Waals surface area contributed by atoms with Crippen molar-refractivity contribution in [2.75, 3.05) is 32.7 Å². The lowest BCUT2D eigenvalue weighted by atomic mass is 10.3. The lowest BCUT2D eigenvalue weighted by Crippen LogP contribution is -2.51. The summed E-state index contributed by atoms with van der Waals surface area (Å²) in [5, 5.41) is 0. The molecule has 116 valence electrons. The first kappa shape index (κ1) is 15.8. The van der Waals surface area contributed by atoms with E-state index in [0.717, 1.165) is 16.4 Å². The molecule has 9 heteroatoms. The third-order valence-corrected chi connectivity index (χ3v) is 5.21. The first-order chi connectivity index (χ1) is 9.86. The normalized spacial score (nSPS) is 17.0. The number of sulfonamides is 1.